The summed E-state index contributed by atoms with van der Waals surface area (Å²) < 4.78 is 19.1. The average Bonchev–Trinajstić information content (AvgIpc) is 3.20. The Hall–Kier alpha value is -3.82. The fraction of sp³-hybridized carbons (Fsp3) is 0.259. The molecule has 5 rings (SSSR count). The molecule has 1 aliphatic rings. The van der Waals surface area contributed by atoms with E-state index in [4.69, 9.17) is 17.3 Å². The number of pyridine rings is 1. The summed E-state index contributed by atoms with van der Waals surface area (Å²) >= 11 is 6.50. The van der Waals surface area contributed by atoms with E-state index >= 15 is 0 Å². The Labute approximate surface area is 217 Å². The first-order chi connectivity index (χ1) is 17.6. The molecule has 0 aliphatic carbocycles. The quantitative estimate of drug-likeness (QED) is 0.425. The molecule has 0 saturated carbocycles. The third-order valence-electron chi connectivity index (χ3n) is 6.90. The Kier molecular flexibility index (Phi) is 6.43. The van der Waals surface area contributed by atoms with E-state index < -0.39 is 5.82 Å². The molecule has 37 heavy (non-hydrogen) atoms. The molecule has 192 valence electrons. The number of aromatic hydroxyl groups is 1. The van der Waals surface area contributed by atoms with Crippen molar-refractivity contribution in [2.75, 3.05) is 18.0 Å². The van der Waals surface area contributed by atoms with Crippen molar-refractivity contribution in [2.24, 2.45) is 19.8 Å². The molecule has 1 aliphatic heterocycles. The van der Waals surface area contributed by atoms with Gasteiger partial charge in [-0.1, -0.05) is 17.7 Å². The number of phenolic OH excluding ortho intramolecular Hbond substituents is 1. The lowest BCUT2D eigenvalue weighted by molar-refractivity contribution is 0.477. The molecule has 3 heterocycles. The van der Waals surface area contributed by atoms with Crippen LogP contribution >= 0.6 is 11.6 Å². The monoisotopic (exact) mass is 523 g/mol. The molecule has 0 amide bonds. The van der Waals surface area contributed by atoms with Gasteiger partial charge in [0.1, 0.15) is 17.3 Å². The molecule has 0 spiro atoms. The highest BCUT2D eigenvalue weighted by Crippen LogP contribution is 2.40. The number of piperidine rings is 1. The van der Waals surface area contributed by atoms with Crippen LogP contribution in [0.2, 0.25) is 5.02 Å². The molecule has 1 saturated heterocycles. The van der Waals surface area contributed by atoms with Crippen molar-refractivity contribution in [1.82, 2.24) is 13.7 Å². The molecule has 0 bridgehead atoms. The molecule has 4 aromatic rings. The molecule has 0 atom stereocenters. The molecule has 2 aromatic heterocycles. The first-order valence-electron chi connectivity index (χ1n) is 11.9. The molecule has 2 aromatic carbocycles. The second-order valence-corrected chi connectivity index (χ2v) is 9.84. The number of anilines is 1. The molecular weight excluding hydrogens is 497 g/mol. The number of benzene rings is 2. The van der Waals surface area contributed by atoms with E-state index in [0.29, 0.717) is 35.6 Å². The zero-order chi connectivity index (χ0) is 26.4. The third kappa shape index (κ3) is 4.56. The summed E-state index contributed by atoms with van der Waals surface area (Å²) in [4.78, 5) is 27.2. The highest BCUT2D eigenvalue weighted by Gasteiger charge is 2.22. The smallest absolute Gasteiger partial charge is 0.332 e. The summed E-state index contributed by atoms with van der Waals surface area (Å²) in [5, 5.41) is 11.5. The van der Waals surface area contributed by atoms with Crippen LogP contribution in [-0.4, -0.2) is 37.9 Å². The summed E-state index contributed by atoms with van der Waals surface area (Å²) in [7, 11) is 3.27. The lowest BCUT2D eigenvalue weighted by Crippen LogP contribution is -2.42. The number of nitrogens with zero attached hydrogens (tertiary/aromatic N) is 4. The van der Waals surface area contributed by atoms with Gasteiger partial charge in [-0.25, -0.2) is 9.18 Å². The lowest BCUT2D eigenvalue weighted by atomic mass is 9.97. The van der Waals surface area contributed by atoms with Gasteiger partial charge in [-0.3, -0.25) is 9.36 Å². The van der Waals surface area contributed by atoms with Crippen molar-refractivity contribution < 1.29 is 9.50 Å². The Bertz CT molecular complexity index is 1620. The Morgan fingerprint density at radius 3 is 2.24 bits per heavy atom. The van der Waals surface area contributed by atoms with Crippen LogP contribution < -0.4 is 21.9 Å². The molecule has 3 N–H and O–H groups in total. The predicted octanol–water partition coefficient (Wildman–Crippen LogP) is 3.63. The highest BCUT2D eigenvalue weighted by atomic mass is 35.5. The van der Waals surface area contributed by atoms with Crippen LogP contribution in [0.5, 0.6) is 5.75 Å². The largest absolute Gasteiger partial charge is 0.507 e. The number of hydrogen-bond acceptors (Lipinski definition) is 5. The van der Waals surface area contributed by atoms with E-state index in [9.17, 15) is 19.1 Å². The van der Waals surface area contributed by atoms with Gasteiger partial charge in [0.25, 0.3) is 5.56 Å². The van der Waals surface area contributed by atoms with Gasteiger partial charge in [0.15, 0.2) is 0 Å². The maximum atomic E-state index is 14.9. The van der Waals surface area contributed by atoms with Gasteiger partial charge in [0.05, 0.1) is 10.7 Å². The molecule has 0 radical (unpaired) electrons. The SMILES string of the molecule is Cn1cc(-c2cc(F)cc(-c3ccc(-n4ccn(C)c4=O)c(Cl)c3)c2O)cc(N2CCC(N)CC2)c1=O. The minimum atomic E-state index is -0.554. The number of rotatable bonds is 4. The fourth-order valence-electron chi connectivity index (χ4n) is 4.77. The second kappa shape index (κ2) is 9.57. The maximum Gasteiger partial charge on any atom is 0.332 e. The Morgan fingerprint density at radius 1 is 0.946 bits per heavy atom. The van der Waals surface area contributed by atoms with Crippen LogP contribution in [0.4, 0.5) is 10.1 Å². The van der Waals surface area contributed by atoms with E-state index in [1.807, 2.05) is 4.90 Å². The molecule has 1 fully saturated rings. The van der Waals surface area contributed by atoms with Gasteiger partial charge in [-0.2, -0.15) is 0 Å². The minimum absolute atomic E-state index is 0.108. The topological polar surface area (TPSA) is 98.4 Å². The van der Waals surface area contributed by atoms with Crippen molar-refractivity contribution in [3.05, 3.63) is 86.7 Å². The van der Waals surface area contributed by atoms with Gasteiger partial charge in [-0.05, 0) is 48.7 Å². The van der Waals surface area contributed by atoms with Crippen LogP contribution in [-0.2, 0) is 14.1 Å². The van der Waals surface area contributed by atoms with Crippen molar-refractivity contribution in [1.29, 1.82) is 0 Å². The lowest BCUT2D eigenvalue weighted by Gasteiger charge is -2.31. The van der Waals surface area contributed by atoms with E-state index in [1.54, 1.807) is 57.0 Å². The zero-order valence-corrected chi connectivity index (χ0v) is 21.2. The van der Waals surface area contributed by atoms with Gasteiger partial charge in [0, 0.05) is 68.5 Å². The standard InChI is InChI=1S/C27H27ClFN5O3/c1-31-9-10-34(27(31)37)23-4-3-16(11-22(23)28)20-13-18(29)14-21(25(20)35)17-12-24(26(36)32(2)15-17)33-7-5-19(30)6-8-33/h3-4,9-15,19,35H,5-8,30H2,1-2H3. The van der Waals surface area contributed by atoms with E-state index in [1.165, 1.54) is 25.8 Å². The molecule has 10 heteroatoms. The van der Waals surface area contributed by atoms with Crippen LogP contribution in [0, 0.1) is 5.82 Å². The zero-order valence-electron chi connectivity index (χ0n) is 20.5. The summed E-state index contributed by atoms with van der Waals surface area (Å²) in [5.74, 6) is -0.700. The van der Waals surface area contributed by atoms with Crippen molar-refractivity contribution in [3.8, 4) is 33.7 Å². The van der Waals surface area contributed by atoms with Crippen LogP contribution in [0.25, 0.3) is 27.9 Å². The number of phenols is 1. The van der Waals surface area contributed by atoms with Crippen LogP contribution in [0.1, 0.15) is 12.8 Å². The number of hydrogen-bond donors (Lipinski definition) is 2. The predicted molar refractivity (Wildman–Crippen MR) is 143 cm³/mol. The summed E-state index contributed by atoms with van der Waals surface area (Å²) in [5.41, 5.74) is 8.01. The summed E-state index contributed by atoms with van der Waals surface area (Å²) in [6.45, 7) is 1.30. The van der Waals surface area contributed by atoms with Gasteiger partial charge >= 0.3 is 5.69 Å². The molecule has 0 unspecified atom stereocenters. The number of aryl methyl sites for hydroxylation is 2. The fourth-order valence-corrected chi connectivity index (χ4v) is 5.04. The number of nitrogens with two attached hydrogens (primary N) is 1. The highest BCUT2D eigenvalue weighted by molar-refractivity contribution is 6.32. The first kappa shape index (κ1) is 24.9. The van der Waals surface area contributed by atoms with E-state index in [0.717, 1.165) is 12.8 Å². The van der Waals surface area contributed by atoms with Gasteiger partial charge in [-0.15, -0.1) is 0 Å². The van der Waals surface area contributed by atoms with Crippen LogP contribution in [0.3, 0.4) is 0 Å². The Morgan fingerprint density at radius 2 is 1.62 bits per heavy atom. The second-order valence-electron chi connectivity index (χ2n) is 9.43. The molecular formula is C27H27ClFN5O3. The van der Waals surface area contributed by atoms with E-state index in [2.05, 4.69) is 0 Å². The minimum Gasteiger partial charge on any atom is -0.507 e. The van der Waals surface area contributed by atoms with E-state index in [-0.39, 0.29) is 39.2 Å². The number of imidazole rings is 1. The van der Waals surface area contributed by atoms with Crippen molar-refractivity contribution >= 4 is 17.3 Å². The number of halogens is 2. The maximum absolute atomic E-state index is 14.9. The normalized spacial score (nSPS) is 14.4. The number of aromatic nitrogens is 3. The van der Waals surface area contributed by atoms with Gasteiger partial charge < -0.3 is 24.9 Å². The first-order valence-corrected chi connectivity index (χ1v) is 12.3. The third-order valence-corrected chi connectivity index (χ3v) is 7.20. The van der Waals surface area contributed by atoms with Crippen LogP contribution in [0.15, 0.2) is 64.6 Å². The Balaban J connectivity index is 1.59. The average molecular weight is 524 g/mol. The molecule has 8 nitrogen and oxygen atoms in total. The van der Waals surface area contributed by atoms with Gasteiger partial charge in [0.2, 0.25) is 0 Å². The van der Waals surface area contributed by atoms with Crippen molar-refractivity contribution in [3.63, 3.8) is 0 Å². The van der Waals surface area contributed by atoms with Crippen molar-refractivity contribution in [2.45, 2.75) is 18.9 Å². The summed E-state index contributed by atoms with van der Waals surface area (Å²) in [6, 6.07) is 9.17. The summed E-state index contributed by atoms with van der Waals surface area (Å²) in [6.07, 6.45) is 6.35.